The third-order valence-electron chi connectivity index (χ3n) is 4.69. The first-order valence-corrected chi connectivity index (χ1v) is 8.45. The minimum absolute atomic E-state index is 0. The molecule has 0 radical (unpaired) electrons. The van der Waals surface area contributed by atoms with Gasteiger partial charge in [-0.15, -0.1) is 37.2 Å². The van der Waals surface area contributed by atoms with Crippen molar-refractivity contribution in [1.29, 1.82) is 5.26 Å². The molecule has 0 aliphatic heterocycles. The number of pyridine rings is 1. The molecule has 150 valence electrons. The molecule has 0 spiro atoms. The van der Waals surface area contributed by atoms with Crippen molar-refractivity contribution in [2.75, 3.05) is 6.54 Å². The highest BCUT2D eigenvalue weighted by atomic mass is 35.5. The van der Waals surface area contributed by atoms with Gasteiger partial charge in [0.05, 0.1) is 5.69 Å². The summed E-state index contributed by atoms with van der Waals surface area (Å²) in [4.78, 5) is 4.15. The summed E-state index contributed by atoms with van der Waals surface area (Å²) in [5, 5.41) is 22.6. The fourth-order valence-electron chi connectivity index (χ4n) is 3.36. The van der Waals surface area contributed by atoms with E-state index in [1.54, 1.807) is 18.2 Å². The van der Waals surface area contributed by atoms with Crippen LogP contribution in [0.4, 0.5) is 0 Å². The van der Waals surface area contributed by atoms with Gasteiger partial charge in [-0.2, -0.15) is 5.26 Å². The molecule has 0 saturated heterocycles. The zero-order chi connectivity index (χ0) is 16.9. The lowest BCUT2D eigenvalue weighted by Crippen LogP contribution is -2.44. The number of β-amino-alcohol motifs (C(OH)–C–C–N with tert-alkyl or cyclic N) is 1. The van der Waals surface area contributed by atoms with E-state index in [9.17, 15) is 5.11 Å². The predicted octanol–water partition coefficient (Wildman–Crippen LogP) is 3.53. The lowest BCUT2D eigenvalue weighted by atomic mass is 9.79. The minimum atomic E-state index is -0.706. The summed E-state index contributed by atoms with van der Waals surface area (Å²) in [6.07, 6.45) is 5.00. The van der Waals surface area contributed by atoms with Crippen LogP contribution in [0.15, 0.2) is 18.2 Å². The van der Waals surface area contributed by atoms with Crippen LogP contribution in [0.3, 0.4) is 0 Å². The van der Waals surface area contributed by atoms with E-state index in [-0.39, 0.29) is 42.8 Å². The van der Waals surface area contributed by atoms with E-state index >= 15 is 0 Å². The molecule has 2 rings (SSSR count). The second-order valence-electron chi connectivity index (χ2n) is 7.33. The van der Waals surface area contributed by atoms with Crippen molar-refractivity contribution < 1.29 is 5.11 Å². The van der Waals surface area contributed by atoms with Gasteiger partial charge in [0.15, 0.2) is 0 Å². The topological polar surface area (TPSA) is 95.0 Å². The Morgan fingerprint density at radius 3 is 2.46 bits per heavy atom. The third kappa shape index (κ3) is 8.85. The summed E-state index contributed by atoms with van der Waals surface area (Å²) in [5.74, 6) is 0.703. The first-order chi connectivity index (χ1) is 10.9. The van der Waals surface area contributed by atoms with Crippen molar-refractivity contribution in [3.63, 3.8) is 0 Å². The Morgan fingerprint density at radius 1 is 1.27 bits per heavy atom. The summed E-state index contributed by atoms with van der Waals surface area (Å²) in [6, 6.07) is 7.52. The van der Waals surface area contributed by atoms with E-state index in [2.05, 4.69) is 24.1 Å². The molecular formula is C18H31Cl3N4O. The smallest absolute Gasteiger partial charge is 0.140 e. The van der Waals surface area contributed by atoms with Gasteiger partial charge >= 0.3 is 0 Å². The normalized spacial score (nSPS) is 20.6. The molecule has 0 unspecified atom stereocenters. The molecular weight excluding hydrogens is 395 g/mol. The molecule has 4 N–H and O–H groups in total. The third-order valence-corrected chi connectivity index (χ3v) is 4.69. The zero-order valence-corrected chi connectivity index (χ0v) is 17.8. The molecule has 1 fully saturated rings. The molecule has 1 aromatic heterocycles. The Bertz CT molecular complexity index is 558. The van der Waals surface area contributed by atoms with Gasteiger partial charge in [-0.3, -0.25) is 0 Å². The monoisotopic (exact) mass is 424 g/mol. The van der Waals surface area contributed by atoms with E-state index in [1.807, 2.05) is 6.07 Å². The number of nitriles is 1. The molecule has 5 nitrogen and oxygen atoms in total. The maximum atomic E-state index is 10.3. The van der Waals surface area contributed by atoms with Gasteiger partial charge in [-0.25, -0.2) is 4.98 Å². The van der Waals surface area contributed by atoms with Crippen LogP contribution in [-0.4, -0.2) is 28.2 Å². The molecule has 1 aromatic rings. The van der Waals surface area contributed by atoms with Gasteiger partial charge < -0.3 is 16.2 Å². The number of nitrogens with two attached hydrogens (primary N) is 1. The summed E-state index contributed by atoms with van der Waals surface area (Å²) in [6.45, 7) is 4.78. The minimum Gasteiger partial charge on any atom is -0.385 e. The average Bonchev–Trinajstić information content (AvgIpc) is 2.55. The Morgan fingerprint density at radius 2 is 1.88 bits per heavy atom. The van der Waals surface area contributed by atoms with E-state index in [1.165, 1.54) is 12.8 Å². The SMILES string of the molecule is CC(C)(CC1CCC(N)CC1)NC[C@@H](O)c1cccc(C#N)n1.Cl.Cl.Cl. The quantitative estimate of drug-likeness (QED) is 0.648. The largest absolute Gasteiger partial charge is 0.385 e. The second-order valence-corrected chi connectivity index (χ2v) is 7.33. The van der Waals surface area contributed by atoms with Crippen molar-refractivity contribution in [2.24, 2.45) is 11.7 Å². The van der Waals surface area contributed by atoms with Gasteiger partial charge in [0, 0.05) is 18.1 Å². The lowest BCUT2D eigenvalue weighted by Gasteiger charge is -2.34. The fraction of sp³-hybridized carbons (Fsp3) is 0.667. The average molecular weight is 426 g/mol. The number of hydrogen-bond donors (Lipinski definition) is 3. The van der Waals surface area contributed by atoms with Crippen molar-refractivity contribution >= 4 is 37.2 Å². The summed E-state index contributed by atoms with van der Waals surface area (Å²) < 4.78 is 0. The maximum absolute atomic E-state index is 10.3. The molecule has 1 saturated carbocycles. The molecule has 1 heterocycles. The molecule has 1 aliphatic carbocycles. The number of aromatic nitrogens is 1. The van der Waals surface area contributed by atoms with Crippen molar-refractivity contribution in [1.82, 2.24) is 10.3 Å². The van der Waals surface area contributed by atoms with Gasteiger partial charge in [0.25, 0.3) is 0 Å². The highest BCUT2D eigenvalue weighted by molar-refractivity contribution is 5.86. The first-order valence-electron chi connectivity index (χ1n) is 8.45. The van der Waals surface area contributed by atoms with Crippen LogP contribution in [0.1, 0.15) is 63.4 Å². The number of nitrogens with zero attached hydrogens (tertiary/aromatic N) is 2. The number of aliphatic hydroxyl groups is 1. The van der Waals surface area contributed by atoms with Gasteiger partial charge in [-0.05, 0) is 64.0 Å². The molecule has 1 aliphatic rings. The summed E-state index contributed by atoms with van der Waals surface area (Å²) in [5.41, 5.74) is 6.80. The summed E-state index contributed by atoms with van der Waals surface area (Å²) >= 11 is 0. The van der Waals surface area contributed by atoms with Crippen molar-refractivity contribution in [2.45, 2.75) is 63.6 Å². The Kier molecular flexibility index (Phi) is 13.5. The highest BCUT2D eigenvalue weighted by Gasteiger charge is 2.27. The first kappa shape index (κ1) is 27.6. The Labute approximate surface area is 175 Å². The lowest BCUT2D eigenvalue weighted by molar-refractivity contribution is 0.146. The van der Waals surface area contributed by atoms with Crippen molar-refractivity contribution in [3.8, 4) is 6.07 Å². The number of halogens is 3. The predicted molar refractivity (Wildman–Crippen MR) is 112 cm³/mol. The van der Waals surface area contributed by atoms with Crippen LogP contribution >= 0.6 is 37.2 Å². The number of rotatable bonds is 6. The number of nitrogens with one attached hydrogen (secondary N) is 1. The van der Waals surface area contributed by atoms with Crippen LogP contribution in [0.5, 0.6) is 0 Å². The zero-order valence-electron chi connectivity index (χ0n) is 15.4. The number of hydrogen-bond acceptors (Lipinski definition) is 5. The fourth-order valence-corrected chi connectivity index (χ4v) is 3.36. The van der Waals surface area contributed by atoms with Crippen LogP contribution in [-0.2, 0) is 0 Å². The van der Waals surface area contributed by atoms with E-state index < -0.39 is 6.10 Å². The Hall–Kier alpha value is -0.610. The van der Waals surface area contributed by atoms with E-state index in [4.69, 9.17) is 11.0 Å². The molecule has 1 atom stereocenters. The molecule has 0 amide bonds. The highest BCUT2D eigenvalue weighted by Crippen LogP contribution is 2.30. The van der Waals surface area contributed by atoms with Crippen LogP contribution < -0.4 is 11.1 Å². The van der Waals surface area contributed by atoms with Crippen LogP contribution in [0, 0.1) is 17.2 Å². The van der Waals surface area contributed by atoms with Crippen LogP contribution in [0.2, 0.25) is 0 Å². The van der Waals surface area contributed by atoms with Gasteiger partial charge in [0.1, 0.15) is 17.9 Å². The Balaban J connectivity index is 0. The van der Waals surface area contributed by atoms with E-state index in [0.717, 1.165) is 19.3 Å². The maximum Gasteiger partial charge on any atom is 0.140 e. The second kappa shape index (κ2) is 12.7. The molecule has 0 bridgehead atoms. The van der Waals surface area contributed by atoms with Crippen molar-refractivity contribution in [3.05, 3.63) is 29.6 Å². The number of aliphatic hydroxyl groups excluding tert-OH is 1. The van der Waals surface area contributed by atoms with E-state index in [0.29, 0.717) is 29.9 Å². The summed E-state index contributed by atoms with van der Waals surface area (Å²) in [7, 11) is 0. The molecule has 26 heavy (non-hydrogen) atoms. The van der Waals surface area contributed by atoms with Gasteiger partial charge in [0.2, 0.25) is 0 Å². The van der Waals surface area contributed by atoms with Crippen LogP contribution in [0.25, 0.3) is 0 Å². The standard InChI is InChI=1S/C18H28N4O.3ClH/c1-18(2,10-13-6-8-14(20)9-7-13)21-12-17(23)16-5-3-4-15(11-19)22-16;;;/h3-5,13-14,17,21,23H,6-10,12,20H2,1-2H3;3*1H/t13?,14?,17-;;;/m1.../s1. The van der Waals surface area contributed by atoms with Gasteiger partial charge in [-0.1, -0.05) is 6.07 Å². The molecule has 8 heteroatoms. The molecule has 0 aromatic carbocycles.